The molecule has 0 saturated carbocycles. The van der Waals surface area contributed by atoms with Crippen LogP contribution in [0.15, 0.2) is 44.5 Å². The van der Waals surface area contributed by atoms with Crippen LogP contribution >= 0.6 is 11.8 Å². The van der Waals surface area contributed by atoms with Crippen LogP contribution in [0.1, 0.15) is 179 Å². The molecule has 0 radical (unpaired) electrons. The highest BCUT2D eigenvalue weighted by molar-refractivity contribution is 7.99. The normalized spacial score (nSPS) is 21.3. The molecule has 0 fully saturated rings. The molecule has 6 heterocycles. The molecule has 0 spiro atoms. The van der Waals surface area contributed by atoms with E-state index >= 15 is 0 Å². The third-order valence-corrected chi connectivity index (χ3v) is 17.2. The molecule has 4 atom stereocenters. The van der Waals surface area contributed by atoms with Gasteiger partial charge in [0, 0.05) is 82.8 Å². The summed E-state index contributed by atoms with van der Waals surface area (Å²) in [4.78, 5) is 28.8. The van der Waals surface area contributed by atoms with E-state index in [9.17, 15) is 16.8 Å². The smallest absolute Gasteiger partial charge is 0.208 e. The highest BCUT2D eigenvalue weighted by Crippen LogP contribution is 2.48. The fourth-order valence-electron chi connectivity index (χ4n) is 10.9. The van der Waals surface area contributed by atoms with Crippen molar-refractivity contribution in [2.75, 3.05) is 60.0 Å². The molecule has 0 amide bonds. The lowest BCUT2D eigenvalue weighted by Gasteiger charge is -2.48. The van der Waals surface area contributed by atoms with Crippen molar-refractivity contribution in [3.63, 3.8) is 0 Å². The van der Waals surface area contributed by atoms with E-state index in [-0.39, 0.29) is 46.8 Å². The van der Waals surface area contributed by atoms with Gasteiger partial charge < -0.3 is 9.80 Å². The number of aromatic nitrogens is 6. The molecule has 4 aromatic rings. The second-order valence-corrected chi connectivity index (χ2v) is 29.8. The predicted molar refractivity (Wildman–Crippen MR) is 308 cm³/mol. The van der Waals surface area contributed by atoms with E-state index in [4.69, 9.17) is 30.2 Å². The molecule has 0 aliphatic carbocycles. The number of aryl methyl sites for hydroxylation is 2. The molecule has 2 aromatic heterocycles. The number of fused-ring (bicyclic) bond motifs is 4. The number of nitrogens with zero attached hydrogens (tertiary/aromatic N) is 12. The average Bonchev–Trinajstić information content (AvgIpc) is 4.05. The first kappa shape index (κ1) is 56.4. The molecule has 21 heteroatoms. The third kappa shape index (κ3) is 12.0. The van der Waals surface area contributed by atoms with Gasteiger partial charge >= 0.3 is 0 Å². The Kier molecular flexibility index (Phi) is 15.2. The van der Waals surface area contributed by atoms with Gasteiger partial charge in [-0.05, 0) is 113 Å². The quantitative estimate of drug-likeness (QED) is 0.101. The molecule has 2 N–H and O–H groups in total. The summed E-state index contributed by atoms with van der Waals surface area (Å²) in [6.45, 7) is 37.1. The maximum Gasteiger partial charge on any atom is 0.208 e. The lowest BCUT2D eigenvalue weighted by atomic mass is 9.79. The Morgan fingerprint density at radius 2 is 1.01 bits per heavy atom. The molecular weight excluding hydrogens is 1000 g/mol. The number of hydrogen-bond acceptors (Lipinski definition) is 15. The van der Waals surface area contributed by atoms with Gasteiger partial charge in [0.25, 0.3) is 0 Å². The first-order chi connectivity index (χ1) is 34.6. The molecule has 8 rings (SSSR count). The second kappa shape index (κ2) is 20.2. The van der Waals surface area contributed by atoms with E-state index in [0.29, 0.717) is 46.6 Å². The largest absolute Gasteiger partial charge is 0.365 e. The summed E-state index contributed by atoms with van der Waals surface area (Å²) in [6.07, 6.45) is 4.31. The van der Waals surface area contributed by atoms with Gasteiger partial charge in [0.05, 0.1) is 35.3 Å². The second-order valence-electron chi connectivity index (χ2n) is 24.9. The van der Waals surface area contributed by atoms with Crippen molar-refractivity contribution in [3.8, 4) is 0 Å². The van der Waals surface area contributed by atoms with E-state index in [1.165, 1.54) is 22.5 Å². The van der Waals surface area contributed by atoms with Crippen molar-refractivity contribution in [1.82, 2.24) is 39.2 Å². The van der Waals surface area contributed by atoms with Crippen LogP contribution in [0.4, 0.5) is 22.7 Å². The summed E-state index contributed by atoms with van der Waals surface area (Å²) in [6, 6.07) is 9.17. The van der Waals surface area contributed by atoms with E-state index < -0.39 is 20.0 Å². The number of hydrogen-bond donors (Lipinski definition) is 2. The molecule has 0 saturated heterocycles. The first-order valence-corrected chi connectivity index (χ1v) is 31.2. The van der Waals surface area contributed by atoms with Crippen molar-refractivity contribution in [2.24, 2.45) is 31.0 Å². The van der Waals surface area contributed by atoms with Crippen molar-refractivity contribution in [1.29, 1.82) is 0 Å². The van der Waals surface area contributed by atoms with Crippen LogP contribution in [0, 0.1) is 24.7 Å². The summed E-state index contributed by atoms with van der Waals surface area (Å²) < 4.78 is 52.5. The Morgan fingerprint density at radius 3 is 1.35 bits per heavy atom. The van der Waals surface area contributed by atoms with Crippen LogP contribution in [0.5, 0.6) is 0 Å². The van der Waals surface area contributed by atoms with Crippen molar-refractivity contribution in [3.05, 3.63) is 69.8 Å². The standard InChI is InChI=1S/C54H80N14O4S3/c1-31-23-41-37(25-39(31)57-43-45(51(7,8)9)61-67-49(43)59-47(63-67)35(5)29-55-74(17,69)70)33(3)27-53(13,14)65(41)19-21-73-22-20-66-42-24-32(2)40(26-38(42)34(4)28-54(66,15)16)58-44-46(52(10,11)12)62-68-50(44)60-48(64-68)36(6)30-56-75(18,71)72/h23-26,33-36,55-56H,19-22,27-30H2,1-18H3. The fourth-order valence-corrected chi connectivity index (χ4v) is 12.9. The molecule has 4 aliphatic heterocycles. The molecular formula is C54H80N14O4S3. The van der Waals surface area contributed by atoms with Crippen LogP contribution < -0.4 is 19.2 Å². The zero-order chi connectivity index (χ0) is 55.1. The maximum absolute atomic E-state index is 11.8. The van der Waals surface area contributed by atoms with Crippen LogP contribution in [0.2, 0.25) is 0 Å². The minimum atomic E-state index is -3.36. The summed E-state index contributed by atoms with van der Waals surface area (Å²) in [5.74, 6) is 4.23. The van der Waals surface area contributed by atoms with Crippen molar-refractivity contribution in [2.45, 2.75) is 158 Å². The van der Waals surface area contributed by atoms with Gasteiger partial charge in [-0.25, -0.2) is 46.2 Å². The van der Waals surface area contributed by atoms with Crippen LogP contribution in [0.3, 0.4) is 0 Å². The van der Waals surface area contributed by atoms with E-state index in [2.05, 4.69) is 151 Å². The van der Waals surface area contributed by atoms with Crippen LogP contribution in [-0.2, 0) is 20.0 Å². The van der Waals surface area contributed by atoms with Gasteiger partial charge in [-0.15, -0.1) is 19.8 Å². The molecule has 4 aliphatic rings. The number of thioether (sulfide) groups is 1. The Labute approximate surface area is 450 Å². The summed E-state index contributed by atoms with van der Waals surface area (Å²) in [7, 11) is -6.73. The number of sulfonamides is 2. The van der Waals surface area contributed by atoms with Crippen molar-refractivity contribution >= 4 is 77.4 Å². The summed E-state index contributed by atoms with van der Waals surface area (Å²) >= 11 is 2.01. The zero-order valence-corrected chi connectivity index (χ0v) is 49.9. The number of benzene rings is 2. The molecule has 408 valence electrons. The Balaban J connectivity index is 0.994. The lowest BCUT2D eigenvalue weighted by molar-refractivity contribution is 0.381. The molecule has 2 aromatic carbocycles. The first-order valence-electron chi connectivity index (χ1n) is 26.2. The monoisotopic (exact) mass is 1080 g/mol. The lowest BCUT2D eigenvalue weighted by Crippen LogP contribution is -2.50. The minimum Gasteiger partial charge on any atom is -0.365 e. The predicted octanol–water partition coefficient (Wildman–Crippen LogP) is 9.18. The zero-order valence-electron chi connectivity index (χ0n) is 47.5. The average molecular weight is 1090 g/mol. The number of rotatable bonds is 16. The van der Waals surface area contributed by atoms with Crippen LogP contribution in [0.25, 0.3) is 0 Å². The fraction of sp³-hybridized carbons (Fsp3) is 0.630. The topological polar surface area (TPSA) is 210 Å². The van der Waals surface area contributed by atoms with E-state index in [1.54, 1.807) is 9.58 Å². The Morgan fingerprint density at radius 1 is 0.653 bits per heavy atom. The van der Waals surface area contributed by atoms with Gasteiger partial charge in [-0.3, -0.25) is 0 Å². The highest BCUT2D eigenvalue weighted by atomic mass is 32.2. The van der Waals surface area contributed by atoms with E-state index in [1.807, 2.05) is 25.6 Å². The third-order valence-electron chi connectivity index (χ3n) is 14.9. The van der Waals surface area contributed by atoms with Crippen molar-refractivity contribution < 1.29 is 16.8 Å². The number of nitrogens with one attached hydrogen (secondary N) is 2. The van der Waals surface area contributed by atoms with Gasteiger partial charge in [0.1, 0.15) is 11.4 Å². The Bertz CT molecular complexity index is 3030. The summed E-state index contributed by atoms with van der Waals surface area (Å²) in [5, 5.41) is 19.1. The Hall–Kier alpha value is -4.83. The highest BCUT2D eigenvalue weighted by Gasteiger charge is 2.41. The number of anilines is 2. The maximum atomic E-state index is 11.8. The summed E-state index contributed by atoms with van der Waals surface area (Å²) in [5.41, 5.74) is 11.2. The van der Waals surface area contributed by atoms with Gasteiger partial charge in [0.2, 0.25) is 31.7 Å². The molecule has 0 bridgehead atoms. The SMILES string of the molecule is Cc1cc2c(cc1N=C1C(C(C)(C)C)=Nn3nc(C(C)CNS(C)(=O)=O)nc31)C(C)CC(C)(C)N2CCSCCN1c2cc(C)c(N=C3C(C(C)(C)C)=Nn4nc(C(C)CNS(C)(=O)=O)nc43)cc2C(C)CC1(C)C. The molecule has 4 unspecified atom stereocenters. The van der Waals surface area contributed by atoms with E-state index in [0.717, 1.165) is 83.9 Å². The molecule has 75 heavy (non-hydrogen) atoms. The molecule has 18 nitrogen and oxygen atoms in total. The minimum absolute atomic E-state index is 0.0474. The van der Waals surface area contributed by atoms with Gasteiger partial charge in [-0.1, -0.05) is 69.2 Å². The number of aliphatic imine (C=N–C) groups is 2. The van der Waals surface area contributed by atoms with Gasteiger partial charge in [-0.2, -0.15) is 22.0 Å². The van der Waals surface area contributed by atoms with Gasteiger partial charge in [0.15, 0.2) is 11.6 Å². The van der Waals surface area contributed by atoms with Crippen LogP contribution in [-0.4, -0.2) is 131 Å².